The minimum Gasteiger partial charge on any atom is -0.493 e. The van der Waals surface area contributed by atoms with Gasteiger partial charge in [0.1, 0.15) is 31.3 Å². The van der Waals surface area contributed by atoms with E-state index in [2.05, 4.69) is 60.2 Å². The summed E-state index contributed by atoms with van der Waals surface area (Å²) >= 11 is 6.86. The highest BCUT2D eigenvalue weighted by atomic mass is 35.5. The molecule has 3 aromatic rings. The molecule has 0 saturated carbocycles. The van der Waals surface area contributed by atoms with Gasteiger partial charge in [0, 0.05) is 30.6 Å². The first kappa shape index (κ1) is 29.2. The molecule has 6 nitrogen and oxygen atoms in total. The standard InChI is InChI=1S/C35H43ClN2O4/c1-25-28(9-6-10-30(25)27-11-12-32-35(19-27)40-17-16-39-32)24-42-34-20-33(41-23-26-8-7-13-37(2)21-26)29(18-31(34)36)22-38-14-4-3-5-15-38/h6,9-12,18-20,26H,3-5,7-8,13-17,21-24H2,1-2H3. The third-order valence-electron chi connectivity index (χ3n) is 8.84. The molecule has 224 valence electrons. The van der Waals surface area contributed by atoms with Crippen LogP contribution in [0, 0.1) is 12.8 Å². The van der Waals surface area contributed by atoms with Crippen molar-refractivity contribution < 1.29 is 18.9 Å². The highest BCUT2D eigenvalue weighted by Gasteiger charge is 2.21. The Morgan fingerprint density at radius 1 is 0.857 bits per heavy atom. The van der Waals surface area contributed by atoms with E-state index in [1.54, 1.807) is 0 Å². The molecule has 1 unspecified atom stereocenters. The molecule has 0 spiro atoms. The maximum atomic E-state index is 6.86. The van der Waals surface area contributed by atoms with Gasteiger partial charge in [0.2, 0.25) is 0 Å². The quantitative estimate of drug-likeness (QED) is 0.259. The summed E-state index contributed by atoms with van der Waals surface area (Å²) in [5.74, 6) is 3.70. The van der Waals surface area contributed by atoms with Crippen LogP contribution in [0.5, 0.6) is 23.0 Å². The van der Waals surface area contributed by atoms with E-state index in [4.69, 9.17) is 30.5 Å². The van der Waals surface area contributed by atoms with Gasteiger partial charge in [-0.25, -0.2) is 0 Å². The number of ether oxygens (including phenoxy) is 4. The zero-order chi connectivity index (χ0) is 28.9. The Balaban J connectivity index is 1.20. The van der Waals surface area contributed by atoms with E-state index in [1.807, 2.05) is 12.1 Å². The van der Waals surface area contributed by atoms with Crippen molar-refractivity contribution in [3.05, 3.63) is 70.2 Å². The number of fused-ring (bicyclic) bond motifs is 1. The van der Waals surface area contributed by atoms with Crippen LogP contribution in [0.1, 0.15) is 48.8 Å². The molecule has 6 rings (SSSR count). The zero-order valence-corrected chi connectivity index (χ0v) is 25.8. The molecule has 7 heteroatoms. The van der Waals surface area contributed by atoms with Crippen molar-refractivity contribution in [3.63, 3.8) is 0 Å². The predicted octanol–water partition coefficient (Wildman–Crippen LogP) is 7.37. The second-order valence-electron chi connectivity index (χ2n) is 12.0. The van der Waals surface area contributed by atoms with Crippen LogP contribution in [-0.2, 0) is 13.2 Å². The van der Waals surface area contributed by atoms with Crippen molar-refractivity contribution in [3.8, 4) is 34.1 Å². The smallest absolute Gasteiger partial charge is 0.161 e. The number of likely N-dealkylation sites (tertiary alicyclic amines) is 2. The minimum absolute atomic E-state index is 0.419. The van der Waals surface area contributed by atoms with Gasteiger partial charge in [0.15, 0.2) is 11.5 Å². The third-order valence-corrected chi connectivity index (χ3v) is 9.13. The molecule has 0 bridgehead atoms. The molecule has 3 aromatic carbocycles. The number of benzene rings is 3. The summed E-state index contributed by atoms with van der Waals surface area (Å²) in [6.07, 6.45) is 6.26. The van der Waals surface area contributed by atoms with Crippen LogP contribution >= 0.6 is 11.6 Å². The summed E-state index contributed by atoms with van der Waals surface area (Å²) in [5.41, 5.74) is 5.68. The molecule has 0 N–H and O–H groups in total. The first-order valence-corrected chi connectivity index (χ1v) is 15.9. The van der Waals surface area contributed by atoms with Gasteiger partial charge in [-0.1, -0.05) is 42.3 Å². The average Bonchev–Trinajstić information content (AvgIpc) is 3.01. The maximum absolute atomic E-state index is 6.86. The molecule has 0 aromatic heterocycles. The Kier molecular flexibility index (Phi) is 9.43. The first-order valence-electron chi connectivity index (χ1n) is 15.5. The molecule has 2 fully saturated rings. The summed E-state index contributed by atoms with van der Waals surface area (Å²) in [6, 6.07) is 16.6. The van der Waals surface area contributed by atoms with Crippen LogP contribution in [0.2, 0.25) is 5.02 Å². The Morgan fingerprint density at radius 2 is 1.69 bits per heavy atom. The van der Waals surface area contributed by atoms with E-state index in [0.29, 0.717) is 36.5 Å². The summed E-state index contributed by atoms with van der Waals surface area (Å²) in [5, 5.41) is 0.632. The number of nitrogens with zero attached hydrogens (tertiary/aromatic N) is 2. The number of rotatable bonds is 9. The van der Waals surface area contributed by atoms with Crippen molar-refractivity contribution in [1.82, 2.24) is 9.80 Å². The lowest BCUT2D eigenvalue weighted by atomic mass is 9.96. The van der Waals surface area contributed by atoms with Crippen molar-refractivity contribution in [2.75, 3.05) is 53.0 Å². The summed E-state index contributed by atoms with van der Waals surface area (Å²) < 4.78 is 24.5. The Morgan fingerprint density at radius 3 is 2.52 bits per heavy atom. The molecule has 0 amide bonds. The SMILES string of the molecule is Cc1c(COc2cc(OCC3CCCN(C)C3)c(CN3CCCCC3)cc2Cl)cccc1-c1ccc2c(c1)OCCO2. The highest BCUT2D eigenvalue weighted by molar-refractivity contribution is 6.32. The number of hydrogen-bond acceptors (Lipinski definition) is 6. The van der Waals surface area contributed by atoms with E-state index >= 15 is 0 Å². The van der Waals surface area contributed by atoms with Gasteiger partial charge in [0.25, 0.3) is 0 Å². The van der Waals surface area contributed by atoms with Gasteiger partial charge in [-0.15, -0.1) is 0 Å². The number of halogens is 1. The maximum Gasteiger partial charge on any atom is 0.161 e. The number of piperidine rings is 2. The predicted molar refractivity (Wildman–Crippen MR) is 168 cm³/mol. The fourth-order valence-electron chi connectivity index (χ4n) is 6.44. The van der Waals surface area contributed by atoms with E-state index < -0.39 is 0 Å². The van der Waals surface area contributed by atoms with Crippen molar-refractivity contribution >= 4 is 11.6 Å². The molecule has 0 aliphatic carbocycles. The van der Waals surface area contributed by atoms with E-state index in [1.165, 1.54) is 44.2 Å². The monoisotopic (exact) mass is 590 g/mol. The average molecular weight is 591 g/mol. The van der Waals surface area contributed by atoms with Gasteiger partial charge in [-0.3, -0.25) is 4.90 Å². The molecule has 3 aliphatic rings. The Bertz CT molecular complexity index is 1370. The molecule has 1 atom stereocenters. The number of hydrogen-bond donors (Lipinski definition) is 0. The largest absolute Gasteiger partial charge is 0.493 e. The first-order chi connectivity index (χ1) is 20.5. The summed E-state index contributed by atoms with van der Waals surface area (Å²) in [4.78, 5) is 4.92. The van der Waals surface area contributed by atoms with Crippen LogP contribution in [0.15, 0.2) is 48.5 Å². The topological polar surface area (TPSA) is 43.4 Å². The van der Waals surface area contributed by atoms with Gasteiger partial charge in [-0.2, -0.15) is 0 Å². The zero-order valence-electron chi connectivity index (χ0n) is 25.0. The Labute approximate surface area is 255 Å². The van der Waals surface area contributed by atoms with Gasteiger partial charge in [0.05, 0.1) is 11.6 Å². The summed E-state index contributed by atoms with van der Waals surface area (Å²) in [6.45, 7) is 9.80. The van der Waals surface area contributed by atoms with Crippen molar-refractivity contribution in [1.29, 1.82) is 0 Å². The van der Waals surface area contributed by atoms with E-state index in [0.717, 1.165) is 72.3 Å². The fourth-order valence-corrected chi connectivity index (χ4v) is 6.68. The molecule has 0 radical (unpaired) electrons. The third kappa shape index (κ3) is 6.99. The molecule has 3 aliphatic heterocycles. The summed E-state index contributed by atoms with van der Waals surface area (Å²) in [7, 11) is 2.20. The normalized spacial score (nSPS) is 19.5. The molecule has 42 heavy (non-hydrogen) atoms. The van der Waals surface area contributed by atoms with Crippen LogP contribution in [0.4, 0.5) is 0 Å². The molecular formula is C35H43ClN2O4. The van der Waals surface area contributed by atoms with Gasteiger partial charge >= 0.3 is 0 Å². The second kappa shape index (κ2) is 13.6. The van der Waals surface area contributed by atoms with Crippen LogP contribution in [0.25, 0.3) is 11.1 Å². The Hall–Kier alpha value is -2.93. The van der Waals surface area contributed by atoms with Crippen LogP contribution in [0.3, 0.4) is 0 Å². The van der Waals surface area contributed by atoms with Gasteiger partial charge < -0.3 is 23.8 Å². The molecule has 2 saturated heterocycles. The van der Waals surface area contributed by atoms with E-state index in [9.17, 15) is 0 Å². The highest BCUT2D eigenvalue weighted by Crippen LogP contribution is 2.38. The lowest BCUT2D eigenvalue weighted by Crippen LogP contribution is -2.35. The molecule has 3 heterocycles. The van der Waals surface area contributed by atoms with Crippen molar-refractivity contribution in [2.24, 2.45) is 5.92 Å². The lowest BCUT2D eigenvalue weighted by Gasteiger charge is -2.30. The lowest BCUT2D eigenvalue weighted by molar-refractivity contribution is 0.147. The van der Waals surface area contributed by atoms with Crippen molar-refractivity contribution in [2.45, 2.75) is 52.2 Å². The minimum atomic E-state index is 0.419. The second-order valence-corrected chi connectivity index (χ2v) is 12.5. The van der Waals surface area contributed by atoms with E-state index in [-0.39, 0.29) is 0 Å². The van der Waals surface area contributed by atoms with Crippen LogP contribution < -0.4 is 18.9 Å². The van der Waals surface area contributed by atoms with Crippen LogP contribution in [-0.4, -0.2) is 62.8 Å². The fraction of sp³-hybridized carbons (Fsp3) is 0.486. The van der Waals surface area contributed by atoms with Gasteiger partial charge in [-0.05, 0) is 99.7 Å². The molecular weight excluding hydrogens is 548 g/mol.